The van der Waals surface area contributed by atoms with Crippen molar-refractivity contribution in [3.63, 3.8) is 0 Å². The maximum Gasteiger partial charge on any atom is 0.415 e. The Labute approximate surface area is 330 Å². The number of alkyl halides is 2. The summed E-state index contributed by atoms with van der Waals surface area (Å²) in [7, 11) is 0. The molecule has 12 nitrogen and oxygen atoms in total. The van der Waals surface area contributed by atoms with Gasteiger partial charge in [-0.3, -0.25) is 15.0 Å². The summed E-state index contributed by atoms with van der Waals surface area (Å²) in [5, 5.41) is 43.2. The number of aromatic carboxylic acids is 1. The fraction of sp³-hybridized carbons (Fsp3) is 0.375. The fourth-order valence-electron chi connectivity index (χ4n) is 7.54. The van der Waals surface area contributed by atoms with E-state index in [1.165, 1.54) is 54.9 Å². The van der Waals surface area contributed by atoms with Crippen molar-refractivity contribution in [3.05, 3.63) is 105 Å². The molecule has 3 aromatic carbocycles. The van der Waals surface area contributed by atoms with Crippen LogP contribution in [0.15, 0.2) is 67.0 Å². The van der Waals surface area contributed by atoms with E-state index in [0.717, 1.165) is 43.7 Å². The topological polar surface area (TPSA) is 153 Å². The average Bonchev–Trinajstić information content (AvgIpc) is 3.99. The van der Waals surface area contributed by atoms with Crippen LogP contribution in [0, 0.1) is 11.8 Å². The van der Waals surface area contributed by atoms with E-state index in [0.29, 0.717) is 28.0 Å². The first kappa shape index (κ1) is 39.2. The van der Waals surface area contributed by atoms with Crippen LogP contribution >= 0.6 is 23.2 Å². The van der Waals surface area contributed by atoms with Gasteiger partial charge in [0.1, 0.15) is 33.2 Å². The van der Waals surface area contributed by atoms with E-state index in [2.05, 4.69) is 4.90 Å². The largest absolute Gasteiger partial charge is 0.507 e. The molecule has 0 spiro atoms. The second kappa shape index (κ2) is 16.6. The van der Waals surface area contributed by atoms with E-state index < -0.39 is 48.6 Å². The molecule has 4 aliphatic rings. The molecule has 1 aliphatic carbocycles. The average molecular weight is 816 g/mol. The zero-order chi connectivity index (χ0) is 39.7. The van der Waals surface area contributed by atoms with Gasteiger partial charge in [0.05, 0.1) is 18.8 Å². The van der Waals surface area contributed by atoms with Crippen LogP contribution in [0.3, 0.4) is 0 Å². The minimum atomic E-state index is -3.14. The van der Waals surface area contributed by atoms with Gasteiger partial charge in [-0.1, -0.05) is 47.5 Å². The Morgan fingerprint density at radius 1 is 0.946 bits per heavy atom. The van der Waals surface area contributed by atoms with Gasteiger partial charge in [0, 0.05) is 28.3 Å². The number of hydrogen-bond donors (Lipinski definition) is 4. The summed E-state index contributed by atoms with van der Waals surface area (Å²) >= 11 is 13.2. The lowest BCUT2D eigenvalue weighted by atomic mass is 9.82. The van der Waals surface area contributed by atoms with E-state index in [9.17, 15) is 38.9 Å². The van der Waals surface area contributed by atoms with Crippen LogP contribution in [0.1, 0.15) is 64.2 Å². The second-order valence-electron chi connectivity index (χ2n) is 14.4. The highest BCUT2D eigenvalue weighted by Crippen LogP contribution is 2.44. The van der Waals surface area contributed by atoms with E-state index in [4.69, 9.17) is 37.4 Å². The molecule has 4 aromatic rings. The molecule has 0 unspecified atom stereocenters. The molecular weight excluding hydrogens is 775 g/mol. The summed E-state index contributed by atoms with van der Waals surface area (Å²) in [4.78, 5) is 30.1. The van der Waals surface area contributed by atoms with Crippen LogP contribution < -0.4 is 19.1 Å². The number of benzene rings is 3. The number of aromatic hydroxyl groups is 2. The number of carbonyl (C=O) groups excluding carboxylic acids is 1. The van der Waals surface area contributed by atoms with Gasteiger partial charge < -0.3 is 29.5 Å². The van der Waals surface area contributed by atoms with Crippen molar-refractivity contribution in [1.82, 2.24) is 4.90 Å². The minimum Gasteiger partial charge on any atom is -0.507 e. The predicted molar refractivity (Wildman–Crippen MR) is 199 cm³/mol. The number of carbonyl (C=O) groups is 2. The van der Waals surface area contributed by atoms with Crippen LogP contribution in [0.5, 0.6) is 23.0 Å². The summed E-state index contributed by atoms with van der Waals surface area (Å²) in [6.45, 7) is -1.00. The van der Waals surface area contributed by atoms with Crippen molar-refractivity contribution in [2.75, 3.05) is 31.1 Å². The van der Waals surface area contributed by atoms with E-state index in [1.807, 2.05) is 0 Å². The molecule has 4 fully saturated rings. The zero-order valence-corrected chi connectivity index (χ0v) is 31.5. The van der Waals surface area contributed by atoms with Gasteiger partial charge in [0.15, 0.2) is 11.5 Å². The normalized spacial score (nSPS) is 19.4. The number of piperidine rings is 3. The lowest BCUT2D eigenvalue weighted by molar-refractivity contribution is -0.904. The van der Waals surface area contributed by atoms with Crippen LogP contribution in [0.4, 0.5) is 19.3 Å². The standard InChI is InChI=1S/C40H39Cl2F2N3O9/c41-30-18-46(53)19-31(42)28(30)16-27(24-7-10-34(55-39(43)44)35(15-24)54-21-22-5-6-22)25-8-9-26(38(50)51)37(49)29(25)17-47(32-3-1-2-4-33(32)48)40(52)56-36-20-45-13-11-23(36)12-14-45/h1-4,7-10,15,18-19,22-23,27,36,39H,5-6,11-14,16-17,20-21H2,(H3-,48,49,50,51,53)/p+1/t27-,36-/m0/s1. The third kappa shape index (κ3) is 8.67. The van der Waals surface area contributed by atoms with Gasteiger partial charge >= 0.3 is 18.7 Å². The van der Waals surface area contributed by atoms with Crippen molar-refractivity contribution < 1.29 is 57.8 Å². The third-order valence-corrected chi connectivity index (χ3v) is 11.4. The summed E-state index contributed by atoms with van der Waals surface area (Å²) in [6, 6.07) is 13.2. The minimum absolute atomic E-state index is 0.0160. The van der Waals surface area contributed by atoms with Crippen molar-refractivity contribution in [2.45, 2.75) is 57.3 Å². The first-order valence-electron chi connectivity index (χ1n) is 18.2. The van der Waals surface area contributed by atoms with E-state index in [-0.39, 0.29) is 63.4 Å². The van der Waals surface area contributed by atoms with Crippen molar-refractivity contribution in [1.29, 1.82) is 0 Å². The Hall–Kier alpha value is -5.05. The zero-order valence-electron chi connectivity index (χ0n) is 30.0. The first-order valence-corrected chi connectivity index (χ1v) is 19.0. The summed E-state index contributed by atoms with van der Waals surface area (Å²) in [5.74, 6) is -3.01. The highest BCUT2D eigenvalue weighted by Gasteiger charge is 2.38. The Bertz CT molecular complexity index is 2090. The number of fused-ring (bicyclic) bond motifs is 3. The number of phenols is 2. The number of rotatable bonds is 14. The Morgan fingerprint density at radius 3 is 2.29 bits per heavy atom. The highest BCUT2D eigenvalue weighted by atomic mass is 35.5. The first-order chi connectivity index (χ1) is 26.9. The lowest BCUT2D eigenvalue weighted by Gasteiger charge is -2.44. The van der Waals surface area contributed by atoms with Crippen LogP contribution in [0.2, 0.25) is 10.0 Å². The maximum atomic E-state index is 14.3. The Balaban J connectivity index is 1.37. The molecule has 3 saturated heterocycles. The molecular formula is C40H40Cl2F2N3O9+. The molecule has 8 rings (SSSR count). The molecule has 2 atom stereocenters. The number of anilines is 1. The fourth-order valence-corrected chi connectivity index (χ4v) is 8.15. The highest BCUT2D eigenvalue weighted by molar-refractivity contribution is 6.35. The second-order valence-corrected chi connectivity index (χ2v) is 15.2. The number of phenolic OH excluding ortho intramolecular Hbond substituents is 1. The Kier molecular flexibility index (Phi) is 11.6. The van der Waals surface area contributed by atoms with Crippen molar-refractivity contribution in [3.8, 4) is 23.0 Å². The number of para-hydroxylation sites is 2. The summed E-state index contributed by atoms with van der Waals surface area (Å²) < 4.78 is 44.6. The molecule has 1 amide bonds. The smallest absolute Gasteiger partial charge is 0.415 e. The number of amides is 1. The van der Waals surface area contributed by atoms with E-state index >= 15 is 0 Å². The number of carboxylic acid groups (broad SMARTS) is 1. The van der Waals surface area contributed by atoms with Crippen LogP contribution in [0.25, 0.3) is 0 Å². The number of ether oxygens (including phenoxy) is 3. The molecule has 4 N–H and O–H groups in total. The lowest BCUT2D eigenvalue weighted by Crippen LogP contribution is -2.53. The number of halogens is 4. The number of hydrogen-bond acceptors (Lipinski definition) is 9. The molecule has 1 saturated carbocycles. The van der Waals surface area contributed by atoms with Gasteiger partial charge in [-0.05, 0) is 98.5 Å². The monoisotopic (exact) mass is 814 g/mol. The molecule has 3 aliphatic heterocycles. The number of nitrogens with zero attached hydrogens (tertiary/aromatic N) is 3. The van der Waals surface area contributed by atoms with Gasteiger partial charge in [0.2, 0.25) is 12.4 Å². The molecule has 1 aromatic heterocycles. The Morgan fingerprint density at radius 2 is 1.66 bits per heavy atom. The van der Waals surface area contributed by atoms with Crippen molar-refractivity contribution in [2.24, 2.45) is 11.8 Å². The quantitative estimate of drug-likeness (QED) is 0.0739. The molecule has 56 heavy (non-hydrogen) atoms. The molecule has 2 bridgehead atoms. The molecule has 16 heteroatoms. The number of carboxylic acids is 1. The van der Waals surface area contributed by atoms with Gasteiger partial charge in [-0.2, -0.15) is 8.78 Å². The molecule has 0 radical (unpaired) electrons. The third-order valence-electron chi connectivity index (χ3n) is 10.7. The SMILES string of the molecule is O=C(O)c1ccc([C@@H](Cc2c(Cl)c[n+](O)cc2Cl)c2ccc(OC(F)F)c(OCC3CC3)c2)c(CN(C(=O)O[C@H]2CN3CCC2CC3)c2ccccc2O)c1O. The maximum absolute atomic E-state index is 14.3. The summed E-state index contributed by atoms with van der Waals surface area (Å²) in [6.07, 6.45) is 4.73. The van der Waals surface area contributed by atoms with Gasteiger partial charge in [-0.25, -0.2) is 9.59 Å². The van der Waals surface area contributed by atoms with Crippen molar-refractivity contribution >= 4 is 41.0 Å². The summed E-state index contributed by atoms with van der Waals surface area (Å²) in [5.41, 5.74) is 0.663. The molecule has 296 valence electrons. The number of aromatic nitrogens is 1. The predicted octanol–water partition coefficient (Wildman–Crippen LogP) is 7.63. The van der Waals surface area contributed by atoms with Crippen LogP contribution in [-0.2, 0) is 17.7 Å². The van der Waals surface area contributed by atoms with Gasteiger partial charge in [-0.15, -0.1) is 0 Å². The van der Waals surface area contributed by atoms with Crippen LogP contribution in [-0.4, -0.2) is 76.4 Å². The van der Waals surface area contributed by atoms with Gasteiger partial charge in [0.25, 0.3) is 0 Å². The number of pyridine rings is 1. The van der Waals surface area contributed by atoms with E-state index in [1.54, 1.807) is 12.1 Å². The molecule has 4 heterocycles.